The molecule has 1 aliphatic rings. The van der Waals surface area contributed by atoms with Gasteiger partial charge in [0, 0.05) is 41.4 Å². The van der Waals surface area contributed by atoms with Gasteiger partial charge in [0.2, 0.25) is 11.1 Å². The van der Waals surface area contributed by atoms with Crippen molar-refractivity contribution in [3.63, 3.8) is 0 Å². The summed E-state index contributed by atoms with van der Waals surface area (Å²) in [5.41, 5.74) is 7.18. The van der Waals surface area contributed by atoms with Crippen molar-refractivity contribution >= 4 is 34.8 Å². The van der Waals surface area contributed by atoms with Gasteiger partial charge in [0.1, 0.15) is 0 Å². The van der Waals surface area contributed by atoms with Crippen LogP contribution in [0.25, 0.3) is 5.78 Å². The number of rotatable bonds is 6. The number of nitrogens with zero attached hydrogens (tertiary/aromatic N) is 5. The van der Waals surface area contributed by atoms with Crippen LogP contribution in [0.4, 0.5) is 11.4 Å². The molecule has 1 N–H and O–H groups in total. The molecule has 0 saturated carbocycles. The largest absolute Gasteiger partial charge is 0.367 e. The van der Waals surface area contributed by atoms with Crippen molar-refractivity contribution in [2.24, 2.45) is 0 Å². The summed E-state index contributed by atoms with van der Waals surface area (Å²) in [5.74, 6) is 0.497. The number of fused-ring (bicyclic) bond motifs is 2. The highest BCUT2D eigenvalue weighted by molar-refractivity contribution is 7.98. The molecule has 7 nitrogen and oxygen atoms in total. The van der Waals surface area contributed by atoms with Crippen LogP contribution in [-0.4, -0.2) is 38.3 Å². The average molecular weight is 459 g/mol. The summed E-state index contributed by atoms with van der Waals surface area (Å²) in [5, 5.41) is 8.29. The van der Waals surface area contributed by atoms with E-state index in [0.717, 1.165) is 47.7 Å². The number of thioether (sulfide) groups is 1. The number of hydrogen-bond acceptors (Lipinski definition) is 6. The Labute approximate surface area is 197 Å². The number of aryl methyl sites for hydroxylation is 2. The number of aromatic nitrogens is 4. The molecule has 0 radical (unpaired) electrons. The van der Waals surface area contributed by atoms with Gasteiger partial charge in [-0.25, -0.2) is 9.50 Å². The molecule has 33 heavy (non-hydrogen) atoms. The molecule has 8 heteroatoms. The minimum Gasteiger partial charge on any atom is -0.367 e. The van der Waals surface area contributed by atoms with E-state index in [0.29, 0.717) is 10.9 Å². The van der Waals surface area contributed by atoms with Crippen LogP contribution >= 0.6 is 11.8 Å². The summed E-state index contributed by atoms with van der Waals surface area (Å²) < 4.78 is 1.72. The second kappa shape index (κ2) is 8.86. The lowest BCUT2D eigenvalue weighted by Crippen LogP contribution is -2.22. The Kier molecular flexibility index (Phi) is 5.76. The fraction of sp³-hybridized carbons (Fsp3) is 0.280. The summed E-state index contributed by atoms with van der Waals surface area (Å²) in [4.78, 5) is 24.4. The van der Waals surface area contributed by atoms with Gasteiger partial charge in [-0.1, -0.05) is 48.2 Å². The van der Waals surface area contributed by atoms with E-state index in [-0.39, 0.29) is 12.3 Å². The van der Waals surface area contributed by atoms with Crippen molar-refractivity contribution in [2.75, 3.05) is 23.0 Å². The maximum Gasteiger partial charge on any atom is 0.253 e. The number of amides is 1. The number of benzene rings is 2. The van der Waals surface area contributed by atoms with Crippen LogP contribution in [0, 0.1) is 13.8 Å². The quantitative estimate of drug-likeness (QED) is 0.436. The van der Waals surface area contributed by atoms with Crippen molar-refractivity contribution in [1.82, 2.24) is 19.6 Å². The minimum absolute atomic E-state index is 0.0678. The molecule has 3 heterocycles. The topological polar surface area (TPSA) is 75.4 Å². The van der Waals surface area contributed by atoms with Gasteiger partial charge in [0.05, 0.1) is 6.42 Å². The van der Waals surface area contributed by atoms with Crippen LogP contribution in [0.2, 0.25) is 0 Å². The summed E-state index contributed by atoms with van der Waals surface area (Å²) in [7, 11) is 0. The first kappa shape index (κ1) is 21.5. The molecule has 2 aromatic carbocycles. The average Bonchev–Trinajstić information content (AvgIpc) is 3.42. The van der Waals surface area contributed by atoms with E-state index >= 15 is 0 Å². The van der Waals surface area contributed by atoms with Gasteiger partial charge in [-0.05, 0) is 49.8 Å². The number of carbonyl (C=O) groups excluding carboxylic acids is 1. The summed E-state index contributed by atoms with van der Waals surface area (Å²) >= 11 is 1.47. The highest BCUT2D eigenvalue weighted by Gasteiger charge is 2.20. The Morgan fingerprint density at radius 3 is 2.73 bits per heavy atom. The SMILES string of the molecule is CSc1nc2nc(C)c(CC(=O)Nc3ccccc3CN3CCc4ccccc43)c(C)n2n1. The van der Waals surface area contributed by atoms with Crippen LogP contribution in [0.3, 0.4) is 0 Å². The van der Waals surface area contributed by atoms with Crippen molar-refractivity contribution in [2.45, 2.75) is 38.4 Å². The highest BCUT2D eigenvalue weighted by Crippen LogP contribution is 2.30. The zero-order chi connectivity index (χ0) is 22.9. The summed E-state index contributed by atoms with van der Waals surface area (Å²) in [6, 6.07) is 16.6. The van der Waals surface area contributed by atoms with E-state index in [1.165, 1.54) is 23.0 Å². The number of para-hydroxylation sites is 2. The molecular weight excluding hydrogens is 432 g/mol. The molecule has 0 spiro atoms. The first-order valence-corrected chi connectivity index (χ1v) is 12.2. The van der Waals surface area contributed by atoms with Crippen molar-refractivity contribution in [1.29, 1.82) is 0 Å². The number of anilines is 2. The Morgan fingerprint density at radius 1 is 1.09 bits per heavy atom. The molecule has 2 aromatic heterocycles. The molecule has 0 bridgehead atoms. The standard InChI is InChI=1S/C25H26N6OS/c1-16-20(17(2)31-24(26-16)28-25(29-31)33-3)14-23(32)27-21-10-6-4-9-19(21)15-30-13-12-18-8-5-7-11-22(18)30/h4-11H,12-15H2,1-3H3,(H,27,32). The number of hydrogen-bond donors (Lipinski definition) is 1. The third kappa shape index (κ3) is 4.18. The molecule has 168 valence electrons. The molecule has 1 aliphatic heterocycles. The van der Waals surface area contributed by atoms with Crippen LogP contribution in [0.5, 0.6) is 0 Å². The molecule has 0 fully saturated rings. The fourth-order valence-electron chi connectivity index (χ4n) is 4.44. The second-order valence-corrected chi connectivity index (χ2v) is 9.03. The Hall–Kier alpha value is -3.39. The summed E-state index contributed by atoms with van der Waals surface area (Å²) in [6.07, 6.45) is 3.22. The second-order valence-electron chi connectivity index (χ2n) is 8.25. The molecule has 0 atom stereocenters. The van der Waals surface area contributed by atoms with Gasteiger partial charge >= 0.3 is 0 Å². The van der Waals surface area contributed by atoms with Gasteiger partial charge in [-0.3, -0.25) is 4.79 Å². The molecule has 4 aromatic rings. The minimum atomic E-state index is -0.0678. The van der Waals surface area contributed by atoms with Gasteiger partial charge in [-0.15, -0.1) is 5.10 Å². The van der Waals surface area contributed by atoms with E-state index < -0.39 is 0 Å². The lowest BCUT2D eigenvalue weighted by molar-refractivity contribution is -0.115. The van der Waals surface area contributed by atoms with Crippen LogP contribution in [0.1, 0.15) is 28.1 Å². The van der Waals surface area contributed by atoms with Crippen LogP contribution in [-0.2, 0) is 24.2 Å². The number of nitrogens with one attached hydrogen (secondary N) is 1. The zero-order valence-electron chi connectivity index (χ0n) is 19.0. The molecule has 0 aliphatic carbocycles. The Morgan fingerprint density at radius 2 is 1.88 bits per heavy atom. The van der Waals surface area contributed by atoms with E-state index in [4.69, 9.17) is 0 Å². The predicted molar refractivity (Wildman–Crippen MR) is 132 cm³/mol. The molecular formula is C25H26N6OS. The lowest BCUT2D eigenvalue weighted by atomic mass is 10.1. The van der Waals surface area contributed by atoms with Gasteiger partial charge in [-0.2, -0.15) is 4.98 Å². The van der Waals surface area contributed by atoms with E-state index in [1.807, 2.05) is 38.3 Å². The monoisotopic (exact) mass is 458 g/mol. The van der Waals surface area contributed by atoms with Crippen LogP contribution < -0.4 is 10.2 Å². The van der Waals surface area contributed by atoms with Crippen LogP contribution in [0.15, 0.2) is 53.7 Å². The molecule has 5 rings (SSSR count). The number of carbonyl (C=O) groups is 1. The third-order valence-corrected chi connectivity index (χ3v) is 6.72. The van der Waals surface area contributed by atoms with Gasteiger partial charge in [0.15, 0.2) is 0 Å². The Bertz CT molecular complexity index is 1350. The normalized spacial score (nSPS) is 12.9. The summed E-state index contributed by atoms with van der Waals surface area (Å²) in [6.45, 7) is 5.63. The van der Waals surface area contributed by atoms with Crippen molar-refractivity contribution in [3.05, 3.63) is 76.6 Å². The Balaban J connectivity index is 1.35. The van der Waals surface area contributed by atoms with E-state index in [2.05, 4.69) is 55.6 Å². The molecule has 0 saturated heterocycles. The predicted octanol–water partition coefficient (Wildman–Crippen LogP) is 4.21. The van der Waals surface area contributed by atoms with Crippen molar-refractivity contribution in [3.8, 4) is 0 Å². The first-order valence-electron chi connectivity index (χ1n) is 11.0. The third-order valence-electron chi connectivity index (χ3n) is 6.19. The maximum absolute atomic E-state index is 13.1. The van der Waals surface area contributed by atoms with Gasteiger partial charge in [0.25, 0.3) is 5.78 Å². The van der Waals surface area contributed by atoms with E-state index in [9.17, 15) is 4.79 Å². The fourth-order valence-corrected chi connectivity index (χ4v) is 4.78. The molecule has 1 amide bonds. The van der Waals surface area contributed by atoms with Crippen molar-refractivity contribution < 1.29 is 4.79 Å². The van der Waals surface area contributed by atoms with E-state index in [1.54, 1.807) is 4.52 Å². The first-order chi connectivity index (χ1) is 16.0. The lowest BCUT2D eigenvalue weighted by Gasteiger charge is -2.21. The zero-order valence-corrected chi connectivity index (χ0v) is 19.8. The molecule has 0 unspecified atom stereocenters. The smallest absolute Gasteiger partial charge is 0.253 e. The highest BCUT2D eigenvalue weighted by atomic mass is 32.2. The maximum atomic E-state index is 13.1. The van der Waals surface area contributed by atoms with Gasteiger partial charge < -0.3 is 10.2 Å².